The Balaban J connectivity index is 0.816. The first-order chi connectivity index (χ1) is 39.8. The minimum atomic E-state index is -2.09. The van der Waals surface area contributed by atoms with Crippen LogP contribution in [0.3, 0.4) is 0 Å². The molecule has 26 nitrogen and oxygen atoms in total. The number of cyclic esters (lactones) is 1. The number of nitrogens with zero attached hydrogens (tertiary/aromatic N) is 4. The molecule has 4 aliphatic rings. The number of ether oxygens (including phenoxy) is 4. The zero-order chi connectivity index (χ0) is 59.5. The maximum atomic E-state index is 15.5. The van der Waals surface area contributed by atoms with Crippen LogP contribution in [0.15, 0.2) is 59.4 Å². The van der Waals surface area contributed by atoms with Crippen molar-refractivity contribution in [2.24, 2.45) is 5.73 Å². The highest BCUT2D eigenvalue weighted by Gasteiger charge is 2.46. The molecule has 3 aliphatic heterocycles. The van der Waals surface area contributed by atoms with Crippen LogP contribution in [0.4, 0.5) is 4.39 Å². The van der Waals surface area contributed by atoms with Crippen LogP contribution in [0, 0.1) is 12.7 Å². The average molecular weight is 1150 g/mol. The highest BCUT2D eigenvalue weighted by atomic mass is 19.1. The van der Waals surface area contributed by atoms with Gasteiger partial charge < -0.3 is 65.8 Å². The van der Waals surface area contributed by atoms with E-state index in [1.807, 2.05) is 0 Å². The maximum absolute atomic E-state index is 15.5. The van der Waals surface area contributed by atoms with Crippen LogP contribution < -0.4 is 37.9 Å². The molecule has 0 unspecified atom stereocenters. The number of aromatic nitrogens is 2. The minimum absolute atomic E-state index is 0.00332. The van der Waals surface area contributed by atoms with Crippen LogP contribution in [0.5, 0.6) is 0 Å². The predicted octanol–water partition coefficient (Wildman–Crippen LogP) is -1.27. The van der Waals surface area contributed by atoms with Gasteiger partial charge in [0.1, 0.15) is 38.3 Å². The fourth-order valence-electron chi connectivity index (χ4n) is 10.3. The Labute approximate surface area is 473 Å². The van der Waals surface area contributed by atoms with E-state index in [0.717, 1.165) is 22.0 Å². The number of primary amides is 1. The topological polar surface area (TPSA) is 355 Å². The van der Waals surface area contributed by atoms with Crippen molar-refractivity contribution in [1.29, 1.82) is 0 Å². The Bertz CT molecular complexity index is 3330. The molecule has 9 amide bonds. The summed E-state index contributed by atoms with van der Waals surface area (Å²) in [7, 11) is 0. The molecule has 3 atom stereocenters. The second-order valence-electron chi connectivity index (χ2n) is 20.1. The van der Waals surface area contributed by atoms with Crippen LogP contribution in [-0.4, -0.2) is 162 Å². The quantitative estimate of drug-likeness (QED) is 0.0133. The van der Waals surface area contributed by atoms with Gasteiger partial charge in [-0.3, -0.25) is 52.8 Å². The summed E-state index contributed by atoms with van der Waals surface area (Å²) in [4.78, 5) is 147. The van der Waals surface area contributed by atoms with Gasteiger partial charge in [-0.25, -0.2) is 14.2 Å². The summed E-state index contributed by atoms with van der Waals surface area (Å²) in [6.45, 7) is 0.439. The first kappa shape index (κ1) is 60.3. The van der Waals surface area contributed by atoms with Gasteiger partial charge in [0.05, 0.1) is 74.6 Å². The van der Waals surface area contributed by atoms with Crippen molar-refractivity contribution in [3.05, 3.63) is 110 Å². The number of fused-ring (bicyclic) bond motifs is 5. The van der Waals surface area contributed by atoms with Crippen LogP contribution in [0.2, 0.25) is 0 Å². The molecule has 0 bridgehead atoms. The Kier molecular flexibility index (Phi) is 19.5. The molecule has 5 heterocycles. The molecule has 27 heteroatoms. The van der Waals surface area contributed by atoms with Crippen molar-refractivity contribution in [2.75, 3.05) is 72.5 Å². The summed E-state index contributed by atoms with van der Waals surface area (Å²) in [5.74, 6) is -7.13. The van der Waals surface area contributed by atoms with Gasteiger partial charge in [0, 0.05) is 67.1 Å². The Morgan fingerprint density at radius 3 is 2.29 bits per heavy atom. The van der Waals surface area contributed by atoms with Crippen molar-refractivity contribution in [2.45, 2.75) is 83.2 Å². The number of benzene rings is 2. The van der Waals surface area contributed by atoms with Crippen LogP contribution in [0.25, 0.3) is 22.3 Å². The molecule has 8 N–H and O–H groups in total. The molecule has 0 spiro atoms. The predicted molar refractivity (Wildman–Crippen MR) is 288 cm³/mol. The Hall–Kier alpha value is -8.79. The summed E-state index contributed by atoms with van der Waals surface area (Å²) in [5.41, 5.74) is 6.92. The lowest BCUT2D eigenvalue weighted by Gasteiger charge is -2.31. The molecular formula is C56H63FN10O16. The molecule has 83 heavy (non-hydrogen) atoms. The van der Waals surface area contributed by atoms with E-state index in [1.165, 1.54) is 10.6 Å². The van der Waals surface area contributed by atoms with E-state index >= 15 is 4.39 Å². The van der Waals surface area contributed by atoms with E-state index in [1.54, 1.807) is 50.2 Å². The van der Waals surface area contributed by atoms with Gasteiger partial charge in [-0.1, -0.05) is 37.3 Å². The average Bonchev–Trinajstić information content (AvgIpc) is 4.04. The Morgan fingerprint density at radius 2 is 1.57 bits per heavy atom. The first-order valence-corrected chi connectivity index (χ1v) is 26.9. The van der Waals surface area contributed by atoms with Crippen LogP contribution >= 0.6 is 0 Å². The summed E-state index contributed by atoms with van der Waals surface area (Å²) in [5, 5.41) is 25.0. The number of carbonyl (C=O) groups is 10. The number of hydrogen-bond acceptors (Lipinski definition) is 17. The van der Waals surface area contributed by atoms with Gasteiger partial charge in [-0.05, 0) is 54.5 Å². The molecule has 0 radical (unpaired) electrons. The van der Waals surface area contributed by atoms with Crippen molar-refractivity contribution >= 4 is 70.0 Å². The number of aliphatic hydroxyl groups is 1. The second kappa shape index (κ2) is 26.9. The van der Waals surface area contributed by atoms with E-state index in [9.17, 15) is 57.8 Å². The standard InChI is InChI=1S/C56H63FN10O16/c1-3-56(79)36-22-41-52-34(26-67(41)53(76)35(36)28-83-55(56)78)51-38(10-9-33-31(2)37(57)23-39(64-52)50(33)51)62-47(73)29-82-30-65(27-42(58)68)54(77)40(21-32-7-5-4-6-8-32)63-46(72)25-61-45(71)24-60-44(70)14-17-80-19-20-81-18-15-59-43(69)13-16-66-48(74)11-12-49(66)75/h4-8,11-12,22-23,38,40,79H,3,9-10,13-21,24-30H2,1-2H3,(H2,58,68)(H,59,69)(H,60,70)(H,61,71)(H,62,73)(H,63,72)/t38-,40-,56-/m0/s1. The highest BCUT2D eigenvalue weighted by molar-refractivity contribution is 6.13. The number of imide groups is 1. The number of amides is 9. The van der Waals surface area contributed by atoms with E-state index in [2.05, 4.69) is 26.6 Å². The lowest BCUT2D eigenvalue weighted by Crippen LogP contribution is -2.54. The minimum Gasteiger partial charge on any atom is -0.458 e. The van der Waals surface area contributed by atoms with Crippen molar-refractivity contribution in [3.8, 4) is 11.4 Å². The van der Waals surface area contributed by atoms with Crippen molar-refractivity contribution in [1.82, 2.24) is 45.9 Å². The highest BCUT2D eigenvalue weighted by Crippen LogP contribution is 2.46. The van der Waals surface area contributed by atoms with E-state index < -0.39 is 115 Å². The summed E-state index contributed by atoms with van der Waals surface area (Å²) in [6.07, 6.45) is 2.62. The van der Waals surface area contributed by atoms with Crippen LogP contribution in [0.1, 0.15) is 77.6 Å². The number of aryl methyl sites for hydroxylation is 1. The first-order valence-electron chi connectivity index (χ1n) is 26.9. The maximum Gasteiger partial charge on any atom is 0.343 e. The summed E-state index contributed by atoms with van der Waals surface area (Å²) >= 11 is 0. The summed E-state index contributed by atoms with van der Waals surface area (Å²) < 4.78 is 38.7. The fraction of sp³-hybridized carbons (Fsp3) is 0.429. The molecular weight excluding hydrogens is 1090 g/mol. The lowest BCUT2D eigenvalue weighted by molar-refractivity contribution is -0.172. The number of nitrogens with one attached hydrogen (secondary N) is 5. The van der Waals surface area contributed by atoms with Gasteiger partial charge >= 0.3 is 5.97 Å². The fourth-order valence-corrected chi connectivity index (χ4v) is 10.3. The molecule has 0 fully saturated rings. The number of halogens is 1. The van der Waals surface area contributed by atoms with E-state index in [-0.39, 0.29) is 101 Å². The number of nitrogens with two attached hydrogens (primary N) is 1. The number of carbonyl (C=O) groups excluding carboxylic acids is 10. The molecule has 2 aromatic carbocycles. The van der Waals surface area contributed by atoms with E-state index in [0.29, 0.717) is 57.4 Å². The molecule has 1 aliphatic carbocycles. The molecule has 4 aromatic rings. The SMILES string of the molecule is CC[C@@]1(O)C(=O)OCc2c1cc1n(c2=O)Cc2c-1nc1cc(F)c(C)c3c1c2[C@@H](NC(=O)COCN(CC(N)=O)C(=O)[C@H](Cc1ccccc1)NC(=O)CNC(=O)CNC(=O)CCOCCOCCNC(=O)CCN1C(=O)C=CC1=O)CC3. The molecule has 0 saturated heterocycles. The van der Waals surface area contributed by atoms with Gasteiger partial charge in [0.2, 0.25) is 41.4 Å². The normalized spacial score (nSPS) is 16.8. The lowest BCUT2D eigenvalue weighted by atomic mass is 9.81. The molecule has 440 valence electrons. The van der Waals surface area contributed by atoms with Crippen molar-refractivity contribution in [3.63, 3.8) is 0 Å². The largest absolute Gasteiger partial charge is 0.458 e. The number of rotatable bonds is 28. The van der Waals surface area contributed by atoms with Crippen LogP contribution in [-0.2, 0) is 98.5 Å². The summed E-state index contributed by atoms with van der Waals surface area (Å²) in [6, 6.07) is 9.36. The van der Waals surface area contributed by atoms with E-state index in [4.69, 9.17) is 29.7 Å². The van der Waals surface area contributed by atoms with Gasteiger partial charge in [-0.15, -0.1) is 0 Å². The van der Waals surface area contributed by atoms with Gasteiger partial charge in [-0.2, -0.15) is 0 Å². The third-order valence-corrected chi connectivity index (χ3v) is 14.5. The second-order valence-corrected chi connectivity index (χ2v) is 20.1. The smallest absolute Gasteiger partial charge is 0.343 e. The monoisotopic (exact) mass is 1150 g/mol. The Morgan fingerprint density at radius 1 is 0.867 bits per heavy atom. The third kappa shape index (κ3) is 14.1. The number of esters is 1. The molecule has 8 rings (SSSR count). The van der Waals surface area contributed by atoms with Gasteiger partial charge in [0.15, 0.2) is 5.60 Å². The van der Waals surface area contributed by atoms with Crippen molar-refractivity contribution < 1.29 is 76.4 Å². The third-order valence-electron chi connectivity index (χ3n) is 14.5. The zero-order valence-electron chi connectivity index (χ0n) is 45.6. The molecule has 0 saturated carbocycles. The number of hydrogen-bond donors (Lipinski definition) is 7. The number of pyridine rings is 2. The van der Waals surface area contributed by atoms with Gasteiger partial charge in [0.25, 0.3) is 17.4 Å². The zero-order valence-corrected chi connectivity index (χ0v) is 45.6. The molecule has 2 aromatic heterocycles.